The molecule has 0 atom stereocenters. The molecule has 0 aliphatic heterocycles. The van der Waals surface area contributed by atoms with Crippen LogP contribution in [0.25, 0.3) is 0 Å². The molecule has 0 aliphatic rings. The average Bonchev–Trinajstić information content (AvgIpc) is 2.95. The van der Waals surface area contributed by atoms with Crippen molar-refractivity contribution in [3.63, 3.8) is 0 Å². The molecule has 0 amide bonds. The van der Waals surface area contributed by atoms with Crippen LogP contribution in [0.3, 0.4) is 0 Å². The first-order valence-electron chi connectivity index (χ1n) is 5.21. The van der Waals surface area contributed by atoms with Crippen molar-refractivity contribution in [3.05, 3.63) is 35.5 Å². The number of furan rings is 1. The number of aryl methyl sites for hydroxylation is 1. The third-order valence-corrected chi connectivity index (χ3v) is 4.00. The molecule has 0 unspecified atom stereocenters. The predicted molar refractivity (Wildman–Crippen MR) is 62.0 cm³/mol. The van der Waals surface area contributed by atoms with E-state index in [2.05, 4.69) is 14.9 Å². The number of nitrogens with one attached hydrogen (secondary N) is 2. The summed E-state index contributed by atoms with van der Waals surface area (Å²) in [6, 6.07) is 3.34. The fourth-order valence-electron chi connectivity index (χ4n) is 1.58. The van der Waals surface area contributed by atoms with Crippen molar-refractivity contribution in [1.29, 1.82) is 0 Å². The van der Waals surface area contributed by atoms with Crippen molar-refractivity contribution < 1.29 is 17.9 Å². The Hall–Kier alpha value is -1.64. The van der Waals surface area contributed by atoms with Gasteiger partial charge in [0.05, 0.1) is 25.1 Å². The minimum Gasteiger partial charge on any atom is -0.468 e. The Balaban J connectivity index is 2.22. The van der Waals surface area contributed by atoms with Gasteiger partial charge in [0.25, 0.3) is 0 Å². The topological polar surface area (TPSA) is 108 Å². The predicted octanol–water partition coefficient (Wildman–Crippen LogP) is 0.282. The third kappa shape index (κ3) is 2.45. The second-order valence-corrected chi connectivity index (χ2v) is 5.39. The Morgan fingerprint density at radius 2 is 2.33 bits per heavy atom. The smallest absolute Gasteiger partial charge is 0.244 e. The van der Waals surface area contributed by atoms with E-state index >= 15 is 0 Å². The van der Waals surface area contributed by atoms with E-state index in [1.54, 1.807) is 19.1 Å². The molecule has 0 aliphatic carbocycles. The Kier molecular flexibility index (Phi) is 3.50. The summed E-state index contributed by atoms with van der Waals surface area (Å²) >= 11 is 0. The number of aromatic amines is 1. The van der Waals surface area contributed by atoms with Gasteiger partial charge in [0.2, 0.25) is 10.0 Å². The van der Waals surface area contributed by atoms with E-state index in [4.69, 9.17) is 9.52 Å². The molecule has 7 nitrogen and oxygen atoms in total. The Morgan fingerprint density at radius 1 is 1.56 bits per heavy atom. The second-order valence-electron chi connectivity index (χ2n) is 3.69. The minimum absolute atomic E-state index is 0.0171. The highest BCUT2D eigenvalue weighted by molar-refractivity contribution is 7.89. The van der Waals surface area contributed by atoms with Crippen molar-refractivity contribution in [2.75, 3.05) is 0 Å². The quantitative estimate of drug-likeness (QED) is 0.724. The van der Waals surface area contributed by atoms with Gasteiger partial charge in [-0.3, -0.25) is 5.10 Å². The molecule has 3 N–H and O–H groups in total. The number of H-pyrrole nitrogens is 1. The van der Waals surface area contributed by atoms with Crippen molar-refractivity contribution in [2.24, 2.45) is 0 Å². The summed E-state index contributed by atoms with van der Waals surface area (Å²) in [6.07, 6.45) is 1.46. The lowest BCUT2D eigenvalue weighted by molar-refractivity contribution is 0.273. The van der Waals surface area contributed by atoms with E-state index in [1.807, 2.05) is 0 Å². The van der Waals surface area contributed by atoms with Crippen LogP contribution in [0, 0.1) is 6.92 Å². The summed E-state index contributed by atoms with van der Waals surface area (Å²) < 4.78 is 31.6. The van der Waals surface area contributed by atoms with Crippen molar-refractivity contribution in [2.45, 2.75) is 25.0 Å². The van der Waals surface area contributed by atoms with Crippen LogP contribution in [-0.2, 0) is 23.2 Å². The van der Waals surface area contributed by atoms with Gasteiger partial charge in [0.1, 0.15) is 16.3 Å². The maximum absolute atomic E-state index is 12.1. The summed E-state index contributed by atoms with van der Waals surface area (Å²) in [4.78, 5) is -0.0171. The highest BCUT2D eigenvalue weighted by Crippen LogP contribution is 2.17. The summed E-state index contributed by atoms with van der Waals surface area (Å²) in [6.45, 7) is 1.18. The molecular weight excluding hydrogens is 258 g/mol. The highest BCUT2D eigenvalue weighted by atomic mass is 32.2. The van der Waals surface area contributed by atoms with E-state index in [0.717, 1.165) is 0 Å². The van der Waals surface area contributed by atoms with Crippen LogP contribution >= 0.6 is 0 Å². The average molecular weight is 271 g/mol. The molecule has 0 saturated carbocycles. The molecular formula is C10H13N3O4S. The van der Waals surface area contributed by atoms with Crippen molar-refractivity contribution in [3.8, 4) is 0 Å². The van der Waals surface area contributed by atoms with Crippen molar-refractivity contribution >= 4 is 10.0 Å². The molecule has 0 saturated heterocycles. The number of hydrogen-bond acceptors (Lipinski definition) is 5. The molecule has 0 fully saturated rings. The fourth-order valence-corrected chi connectivity index (χ4v) is 2.93. The summed E-state index contributed by atoms with van der Waals surface area (Å²) in [5, 5.41) is 15.3. The zero-order chi connectivity index (χ0) is 13.2. The van der Waals surface area contributed by atoms with Gasteiger partial charge in [-0.15, -0.1) is 0 Å². The zero-order valence-electron chi connectivity index (χ0n) is 9.67. The van der Waals surface area contributed by atoms with Crippen LogP contribution in [0.15, 0.2) is 27.7 Å². The summed E-state index contributed by atoms with van der Waals surface area (Å²) in [7, 11) is -3.73. The lowest BCUT2D eigenvalue weighted by Gasteiger charge is -2.05. The second kappa shape index (κ2) is 4.92. The van der Waals surface area contributed by atoms with Gasteiger partial charge in [-0.2, -0.15) is 5.10 Å². The molecule has 0 aromatic carbocycles. The Morgan fingerprint density at radius 3 is 2.94 bits per heavy atom. The molecule has 0 bridgehead atoms. The van der Waals surface area contributed by atoms with Gasteiger partial charge in [0, 0.05) is 0 Å². The van der Waals surface area contributed by atoms with Gasteiger partial charge in [-0.25, -0.2) is 13.1 Å². The van der Waals surface area contributed by atoms with Crippen LogP contribution in [-0.4, -0.2) is 23.7 Å². The normalized spacial score (nSPS) is 11.9. The van der Waals surface area contributed by atoms with Gasteiger partial charge in [-0.1, -0.05) is 0 Å². The van der Waals surface area contributed by atoms with Gasteiger partial charge >= 0.3 is 0 Å². The van der Waals surface area contributed by atoms with E-state index in [-0.39, 0.29) is 17.1 Å². The zero-order valence-corrected chi connectivity index (χ0v) is 10.5. The first kappa shape index (κ1) is 12.8. The monoisotopic (exact) mass is 271 g/mol. The van der Waals surface area contributed by atoms with Gasteiger partial charge < -0.3 is 9.52 Å². The molecule has 8 heteroatoms. The lowest BCUT2D eigenvalue weighted by Crippen LogP contribution is -2.24. The molecule has 98 valence electrons. The highest BCUT2D eigenvalue weighted by Gasteiger charge is 2.23. The lowest BCUT2D eigenvalue weighted by atomic mass is 10.4. The number of sulfonamides is 1. The van der Waals surface area contributed by atoms with Crippen LogP contribution in [0.5, 0.6) is 0 Å². The van der Waals surface area contributed by atoms with E-state index in [9.17, 15) is 8.42 Å². The third-order valence-electron chi connectivity index (χ3n) is 2.40. The van der Waals surface area contributed by atoms with Gasteiger partial charge in [-0.05, 0) is 19.1 Å². The van der Waals surface area contributed by atoms with Crippen LogP contribution < -0.4 is 4.72 Å². The standard InChI is InChI=1S/C10H13N3O4S/c1-7-10(9(6-14)13-12-7)18(15,16)11-5-8-3-2-4-17-8/h2-4,11,14H,5-6H2,1H3,(H,12,13). The van der Waals surface area contributed by atoms with E-state index in [1.165, 1.54) is 6.26 Å². The first-order chi connectivity index (χ1) is 8.54. The van der Waals surface area contributed by atoms with E-state index in [0.29, 0.717) is 11.5 Å². The van der Waals surface area contributed by atoms with Crippen LogP contribution in [0.4, 0.5) is 0 Å². The summed E-state index contributed by atoms with van der Waals surface area (Å²) in [5.74, 6) is 0.505. The molecule has 2 aromatic heterocycles. The molecule has 0 spiro atoms. The van der Waals surface area contributed by atoms with Crippen LogP contribution in [0.1, 0.15) is 17.1 Å². The number of aliphatic hydroxyl groups is 1. The maximum atomic E-state index is 12.1. The SMILES string of the molecule is Cc1[nH]nc(CO)c1S(=O)(=O)NCc1ccco1. The summed E-state index contributed by atoms with van der Waals surface area (Å²) in [5.41, 5.74) is 0.477. The number of hydrogen-bond donors (Lipinski definition) is 3. The maximum Gasteiger partial charge on any atom is 0.244 e. The number of nitrogens with zero attached hydrogens (tertiary/aromatic N) is 1. The van der Waals surface area contributed by atoms with Gasteiger partial charge in [0.15, 0.2) is 0 Å². The first-order valence-corrected chi connectivity index (χ1v) is 6.69. The molecule has 2 heterocycles. The fraction of sp³-hybridized carbons (Fsp3) is 0.300. The largest absolute Gasteiger partial charge is 0.468 e. The number of aromatic nitrogens is 2. The molecule has 2 rings (SSSR count). The molecule has 2 aromatic rings. The number of aliphatic hydroxyl groups excluding tert-OH is 1. The Bertz CT molecular complexity index is 616. The van der Waals surface area contributed by atoms with Crippen LogP contribution in [0.2, 0.25) is 0 Å². The molecule has 0 radical (unpaired) electrons. The number of rotatable bonds is 5. The Labute approximate surface area is 104 Å². The van der Waals surface area contributed by atoms with E-state index < -0.39 is 16.6 Å². The minimum atomic E-state index is -3.73. The van der Waals surface area contributed by atoms with Crippen molar-refractivity contribution in [1.82, 2.24) is 14.9 Å². The molecule has 18 heavy (non-hydrogen) atoms.